The number of benzene rings is 2. The second-order valence-corrected chi connectivity index (χ2v) is 6.93. The molecule has 0 aliphatic rings. The lowest BCUT2D eigenvalue weighted by Crippen LogP contribution is -2.26. The van der Waals surface area contributed by atoms with Gasteiger partial charge in [-0.3, -0.25) is 14.9 Å². The minimum Gasteiger partial charge on any atom is -0.350 e. The fourth-order valence-corrected chi connectivity index (χ4v) is 3.31. The number of non-ortho nitro benzene ring substituents is 1. The number of aromatic nitrogens is 2. The van der Waals surface area contributed by atoms with E-state index in [9.17, 15) is 19.3 Å². The van der Waals surface area contributed by atoms with Crippen LogP contribution in [-0.2, 0) is 5.75 Å². The molecule has 1 heterocycles. The summed E-state index contributed by atoms with van der Waals surface area (Å²) in [6.07, 6.45) is 1.57. The molecule has 0 radical (unpaired) electrons. The van der Waals surface area contributed by atoms with Crippen LogP contribution in [-0.4, -0.2) is 32.9 Å². The van der Waals surface area contributed by atoms with E-state index in [1.165, 1.54) is 34.6 Å². The first-order valence-electron chi connectivity index (χ1n) is 8.44. The maximum atomic E-state index is 13.5. The van der Waals surface area contributed by atoms with E-state index in [0.29, 0.717) is 29.3 Å². The third kappa shape index (κ3) is 4.95. The number of hydrogen-bond acceptors (Lipinski definition) is 5. The molecule has 1 N–H and O–H groups in total. The number of hydrogen-bond donors (Lipinski definition) is 1. The van der Waals surface area contributed by atoms with E-state index in [-0.39, 0.29) is 23.1 Å². The first-order chi connectivity index (χ1) is 13.5. The molecule has 3 aromatic rings. The molecule has 9 heteroatoms. The van der Waals surface area contributed by atoms with Crippen LogP contribution < -0.4 is 5.32 Å². The Morgan fingerprint density at radius 2 is 2.04 bits per heavy atom. The van der Waals surface area contributed by atoms with Gasteiger partial charge in [0.15, 0.2) is 5.69 Å². The van der Waals surface area contributed by atoms with Gasteiger partial charge >= 0.3 is 0 Å². The number of nitro groups is 1. The highest BCUT2D eigenvalue weighted by atomic mass is 32.2. The van der Waals surface area contributed by atoms with Crippen molar-refractivity contribution in [2.45, 2.75) is 5.75 Å². The van der Waals surface area contributed by atoms with Crippen molar-refractivity contribution in [2.24, 2.45) is 0 Å². The lowest BCUT2D eigenvalue weighted by molar-refractivity contribution is -0.384. The van der Waals surface area contributed by atoms with E-state index in [4.69, 9.17) is 0 Å². The molecule has 0 atom stereocenters. The van der Waals surface area contributed by atoms with Gasteiger partial charge in [0.25, 0.3) is 11.6 Å². The predicted octanol–water partition coefficient (Wildman–Crippen LogP) is 3.58. The van der Waals surface area contributed by atoms with Gasteiger partial charge in [0.1, 0.15) is 5.82 Å². The Kier molecular flexibility index (Phi) is 6.38. The molecule has 2 aromatic carbocycles. The standard InChI is InChI=1S/C19H17FN4O3S/c20-17-7-2-1-4-14(17)13-28-11-9-21-19(25)18-8-10-23(22-18)15-5-3-6-16(12-15)24(26)27/h1-8,10,12H,9,11,13H2,(H,21,25). The molecule has 7 nitrogen and oxygen atoms in total. The van der Waals surface area contributed by atoms with Gasteiger partial charge < -0.3 is 5.32 Å². The summed E-state index contributed by atoms with van der Waals surface area (Å²) in [5.41, 5.74) is 1.29. The minimum atomic E-state index is -0.487. The molecule has 1 aromatic heterocycles. The average molecular weight is 400 g/mol. The predicted molar refractivity (Wildman–Crippen MR) is 105 cm³/mol. The first-order valence-corrected chi connectivity index (χ1v) is 9.60. The van der Waals surface area contributed by atoms with Gasteiger partial charge in [0, 0.05) is 36.4 Å². The van der Waals surface area contributed by atoms with Crippen molar-refractivity contribution in [3.63, 3.8) is 0 Å². The Labute approximate surface area is 164 Å². The number of carbonyl (C=O) groups is 1. The minimum absolute atomic E-state index is 0.0501. The van der Waals surface area contributed by atoms with Crippen LogP contribution in [0.5, 0.6) is 0 Å². The van der Waals surface area contributed by atoms with E-state index in [1.807, 2.05) is 0 Å². The van der Waals surface area contributed by atoms with Crippen LogP contribution in [0.3, 0.4) is 0 Å². The number of nitro benzene ring substituents is 1. The summed E-state index contributed by atoms with van der Waals surface area (Å²) >= 11 is 1.52. The molecule has 28 heavy (non-hydrogen) atoms. The van der Waals surface area contributed by atoms with E-state index in [0.717, 1.165) is 0 Å². The first kappa shape index (κ1) is 19.6. The van der Waals surface area contributed by atoms with Gasteiger partial charge in [-0.05, 0) is 23.8 Å². The van der Waals surface area contributed by atoms with Crippen LogP contribution in [0.15, 0.2) is 60.8 Å². The molecule has 0 spiro atoms. The monoisotopic (exact) mass is 400 g/mol. The fraction of sp³-hybridized carbons (Fsp3) is 0.158. The Bertz CT molecular complexity index is 993. The number of nitrogens with one attached hydrogen (secondary N) is 1. The number of thioether (sulfide) groups is 1. The molecule has 0 bridgehead atoms. The fourth-order valence-electron chi connectivity index (χ4n) is 2.46. The summed E-state index contributed by atoms with van der Waals surface area (Å²) in [7, 11) is 0. The molecule has 0 unspecified atom stereocenters. The molecule has 0 aliphatic carbocycles. The molecule has 144 valence electrons. The Morgan fingerprint density at radius 3 is 2.82 bits per heavy atom. The quantitative estimate of drug-likeness (QED) is 0.355. The van der Waals surface area contributed by atoms with Crippen molar-refractivity contribution in [2.75, 3.05) is 12.3 Å². The lowest BCUT2D eigenvalue weighted by Gasteiger charge is -2.05. The van der Waals surface area contributed by atoms with E-state index in [2.05, 4.69) is 10.4 Å². The summed E-state index contributed by atoms with van der Waals surface area (Å²) in [6.45, 7) is 0.418. The second-order valence-electron chi connectivity index (χ2n) is 5.82. The molecule has 0 fully saturated rings. The van der Waals surface area contributed by atoms with Crippen molar-refractivity contribution in [3.8, 4) is 5.69 Å². The van der Waals surface area contributed by atoms with Crippen LogP contribution in [0, 0.1) is 15.9 Å². The van der Waals surface area contributed by atoms with Crippen LogP contribution in [0.4, 0.5) is 10.1 Å². The lowest BCUT2D eigenvalue weighted by atomic mass is 10.2. The molecule has 1 amide bonds. The highest BCUT2D eigenvalue weighted by Crippen LogP contribution is 2.17. The zero-order valence-electron chi connectivity index (χ0n) is 14.7. The largest absolute Gasteiger partial charge is 0.350 e. The maximum Gasteiger partial charge on any atom is 0.271 e. The molecule has 0 saturated carbocycles. The van der Waals surface area contributed by atoms with Gasteiger partial charge in [-0.1, -0.05) is 24.3 Å². The van der Waals surface area contributed by atoms with Gasteiger partial charge in [-0.2, -0.15) is 16.9 Å². The third-order valence-corrected chi connectivity index (χ3v) is 4.88. The summed E-state index contributed by atoms with van der Waals surface area (Å²) in [5.74, 6) is 0.594. The number of amides is 1. The van der Waals surface area contributed by atoms with Crippen molar-refractivity contribution >= 4 is 23.4 Å². The summed E-state index contributed by atoms with van der Waals surface area (Å²) in [4.78, 5) is 22.6. The van der Waals surface area contributed by atoms with Crippen molar-refractivity contribution in [1.82, 2.24) is 15.1 Å². The topological polar surface area (TPSA) is 90.1 Å². The molecular weight excluding hydrogens is 383 g/mol. The Morgan fingerprint density at radius 1 is 1.21 bits per heavy atom. The number of carbonyl (C=O) groups excluding carboxylic acids is 1. The van der Waals surface area contributed by atoms with Crippen LogP contribution in [0.1, 0.15) is 16.1 Å². The SMILES string of the molecule is O=C(NCCSCc1ccccc1F)c1ccn(-c2cccc([N+](=O)[O-])c2)n1. The van der Waals surface area contributed by atoms with E-state index >= 15 is 0 Å². The molecule has 3 rings (SSSR count). The van der Waals surface area contributed by atoms with E-state index < -0.39 is 4.92 Å². The van der Waals surface area contributed by atoms with Gasteiger partial charge in [0.2, 0.25) is 0 Å². The third-order valence-electron chi connectivity index (χ3n) is 3.87. The molecule has 0 aliphatic heterocycles. The van der Waals surface area contributed by atoms with Crippen molar-refractivity contribution < 1.29 is 14.1 Å². The highest BCUT2D eigenvalue weighted by molar-refractivity contribution is 7.98. The van der Waals surface area contributed by atoms with Gasteiger partial charge in [0.05, 0.1) is 10.6 Å². The Hall–Kier alpha value is -3.20. The van der Waals surface area contributed by atoms with Crippen LogP contribution in [0.25, 0.3) is 5.69 Å². The van der Waals surface area contributed by atoms with Gasteiger partial charge in [-0.25, -0.2) is 9.07 Å². The smallest absolute Gasteiger partial charge is 0.271 e. The zero-order valence-corrected chi connectivity index (χ0v) is 15.6. The highest BCUT2D eigenvalue weighted by Gasteiger charge is 2.12. The summed E-state index contributed by atoms with van der Waals surface area (Å²) in [6, 6.07) is 14.1. The van der Waals surface area contributed by atoms with Crippen LogP contribution >= 0.6 is 11.8 Å². The second kappa shape index (κ2) is 9.14. The van der Waals surface area contributed by atoms with Crippen molar-refractivity contribution in [3.05, 3.63) is 88.0 Å². The summed E-state index contributed by atoms with van der Waals surface area (Å²) < 4.78 is 14.9. The molecular formula is C19H17FN4O3S. The Balaban J connectivity index is 1.50. The number of nitrogens with zero attached hydrogens (tertiary/aromatic N) is 3. The average Bonchev–Trinajstić information content (AvgIpc) is 3.19. The normalized spacial score (nSPS) is 10.6. The zero-order chi connectivity index (χ0) is 19.9. The van der Waals surface area contributed by atoms with Crippen LogP contribution in [0.2, 0.25) is 0 Å². The summed E-state index contributed by atoms with van der Waals surface area (Å²) in [5, 5.41) is 17.8. The molecule has 0 saturated heterocycles. The van der Waals surface area contributed by atoms with Gasteiger partial charge in [-0.15, -0.1) is 0 Å². The maximum absolute atomic E-state index is 13.5. The van der Waals surface area contributed by atoms with Crippen molar-refractivity contribution in [1.29, 1.82) is 0 Å². The van der Waals surface area contributed by atoms with E-state index in [1.54, 1.807) is 42.6 Å². The number of halogens is 1. The number of rotatable bonds is 8.